The number of anilines is 2. The van der Waals surface area contributed by atoms with Gasteiger partial charge in [-0.2, -0.15) is 0 Å². The van der Waals surface area contributed by atoms with Gasteiger partial charge < -0.3 is 14.5 Å². The summed E-state index contributed by atoms with van der Waals surface area (Å²) in [6.45, 7) is 8.82. The topological polar surface area (TPSA) is 36.0 Å². The predicted octanol–water partition coefficient (Wildman–Crippen LogP) is 6.04. The standard InChI is InChI=1S/C30H47N3O2.ClH/c1-3-26(34)23-31-18-20-33(21-19-31)29-7-6-25(32-16-10-27(35-2)11-17-32)22-28(29)24-8-14-30(15-9-24)12-4-5-13-30;/h6-7,22,24,27H,3-5,8-21,23H2,1-2H3;1H. The maximum Gasteiger partial charge on any atom is 0.146 e. The number of piperidine rings is 1. The van der Waals surface area contributed by atoms with Crippen molar-refractivity contribution in [3.8, 4) is 0 Å². The third-order valence-electron chi connectivity index (χ3n) is 9.81. The van der Waals surface area contributed by atoms with Gasteiger partial charge in [0, 0.05) is 64.2 Å². The van der Waals surface area contributed by atoms with Crippen LogP contribution >= 0.6 is 12.4 Å². The Labute approximate surface area is 225 Å². The molecule has 202 valence electrons. The molecule has 0 bridgehead atoms. The molecule has 0 amide bonds. The van der Waals surface area contributed by atoms with Crippen LogP contribution in [0.2, 0.25) is 0 Å². The molecule has 1 aromatic carbocycles. The van der Waals surface area contributed by atoms with Gasteiger partial charge in [-0.05, 0) is 86.5 Å². The Balaban J connectivity index is 0.00000304. The lowest BCUT2D eigenvalue weighted by molar-refractivity contribution is -0.119. The second kappa shape index (κ2) is 12.5. The summed E-state index contributed by atoms with van der Waals surface area (Å²) < 4.78 is 5.62. The molecule has 0 radical (unpaired) electrons. The number of ketones is 1. The van der Waals surface area contributed by atoms with Crippen LogP contribution in [0.3, 0.4) is 0 Å². The molecule has 0 unspecified atom stereocenters. The highest BCUT2D eigenvalue weighted by Crippen LogP contribution is 2.53. The van der Waals surface area contributed by atoms with Gasteiger partial charge in [0.05, 0.1) is 12.6 Å². The van der Waals surface area contributed by atoms with Crippen LogP contribution in [0, 0.1) is 5.41 Å². The minimum atomic E-state index is 0. The molecule has 4 aliphatic rings. The number of nitrogens with zero attached hydrogens (tertiary/aromatic N) is 3. The van der Waals surface area contributed by atoms with Crippen molar-refractivity contribution in [1.82, 2.24) is 4.90 Å². The zero-order chi connectivity index (χ0) is 24.3. The van der Waals surface area contributed by atoms with E-state index in [0.29, 0.717) is 36.2 Å². The summed E-state index contributed by atoms with van der Waals surface area (Å²) >= 11 is 0. The normalized spacial score (nSPS) is 23.7. The van der Waals surface area contributed by atoms with Crippen LogP contribution in [-0.4, -0.2) is 69.7 Å². The molecule has 2 aliphatic carbocycles. The Bertz CT molecular complexity index is 846. The minimum Gasteiger partial charge on any atom is -0.381 e. The Kier molecular flexibility index (Phi) is 9.62. The highest BCUT2D eigenvalue weighted by Gasteiger charge is 2.38. The van der Waals surface area contributed by atoms with Gasteiger partial charge in [-0.25, -0.2) is 0 Å². The molecule has 0 atom stereocenters. The summed E-state index contributed by atoms with van der Waals surface area (Å²) in [6.07, 6.45) is 14.7. The molecule has 5 nitrogen and oxygen atoms in total. The molecule has 6 heteroatoms. The molecule has 2 aliphatic heterocycles. The number of carbonyl (C=O) groups is 1. The van der Waals surface area contributed by atoms with Crippen molar-refractivity contribution in [2.45, 2.75) is 89.6 Å². The zero-order valence-electron chi connectivity index (χ0n) is 22.7. The number of rotatable bonds is 7. The maximum absolute atomic E-state index is 12.0. The fourth-order valence-electron chi connectivity index (χ4n) is 7.38. The minimum absolute atomic E-state index is 0. The van der Waals surface area contributed by atoms with Crippen LogP contribution in [0.4, 0.5) is 11.4 Å². The molecule has 1 spiro atoms. The third-order valence-corrected chi connectivity index (χ3v) is 9.81. The first-order valence-corrected chi connectivity index (χ1v) is 14.5. The molecule has 36 heavy (non-hydrogen) atoms. The average Bonchev–Trinajstić information content (AvgIpc) is 3.37. The Morgan fingerprint density at radius 1 is 0.917 bits per heavy atom. The van der Waals surface area contributed by atoms with E-state index in [1.165, 1.54) is 62.7 Å². The summed E-state index contributed by atoms with van der Waals surface area (Å²) in [5, 5.41) is 0. The molecule has 4 fully saturated rings. The van der Waals surface area contributed by atoms with Gasteiger partial charge >= 0.3 is 0 Å². The highest BCUT2D eigenvalue weighted by atomic mass is 35.5. The van der Waals surface area contributed by atoms with Crippen molar-refractivity contribution in [1.29, 1.82) is 0 Å². The van der Waals surface area contributed by atoms with Gasteiger partial charge in [0.15, 0.2) is 0 Å². The summed E-state index contributed by atoms with van der Waals surface area (Å²) in [5.41, 5.74) is 5.15. The van der Waals surface area contributed by atoms with Crippen molar-refractivity contribution >= 4 is 29.6 Å². The fraction of sp³-hybridized carbons (Fsp3) is 0.767. The van der Waals surface area contributed by atoms with Crippen LogP contribution in [0.15, 0.2) is 18.2 Å². The second-order valence-corrected chi connectivity index (χ2v) is 11.8. The molecule has 0 N–H and O–H groups in total. The van der Waals surface area contributed by atoms with Crippen molar-refractivity contribution in [2.24, 2.45) is 5.41 Å². The van der Waals surface area contributed by atoms with Gasteiger partial charge in [-0.1, -0.05) is 19.8 Å². The average molecular weight is 518 g/mol. The summed E-state index contributed by atoms with van der Waals surface area (Å²) in [4.78, 5) is 19.5. The van der Waals surface area contributed by atoms with Gasteiger partial charge in [0.1, 0.15) is 5.78 Å². The van der Waals surface area contributed by atoms with E-state index >= 15 is 0 Å². The molecule has 5 rings (SSSR count). The van der Waals surface area contributed by atoms with Gasteiger partial charge in [0.2, 0.25) is 0 Å². The molecule has 2 saturated heterocycles. The first-order chi connectivity index (χ1) is 17.1. The molecule has 1 aromatic rings. The monoisotopic (exact) mass is 517 g/mol. The lowest BCUT2D eigenvalue weighted by Gasteiger charge is -2.41. The molecular weight excluding hydrogens is 470 g/mol. The number of piperazine rings is 1. The molecule has 2 saturated carbocycles. The van der Waals surface area contributed by atoms with Crippen molar-refractivity contribution in [2.75, 3.05) is 62.7 Å². The number of halogens is 1. The summed E-state index contributed by atoms with van der Waals surface area (Å²) in [5.74, 6) is 1.05. The third kappa shape index (κ3) is 6.22. The van der Waals surface area contributed by atoms with Crippen LogP contribution in [0.1, 0.15) is 89.0 Å². The van der Waals surface area contributed by atoms with E-state index in [4.69, 9.17) is 4.74 Å². The van der Waals surface area contributed by atoms with E-state index in [0.717, 1.165) is 52.1 Å². The Hall–Kier alpha value is -1.30. The number of Topliss-reactive ketones (excluding diaryl/α,β-unsaturated/α-hetero) is 1. The Morgan fingerprint density at radius 2 is 1.58 bits per heavy atom. The highest BCUT2D eigenvalue weighted by molar-refractivity contribution is 5.85. The smallest absolute Gasteiger partial charge is 0.146 e. The van der Waals surface area contributed by atoms with E-state index in [1.807, 2.05) is 14.0 Å². The van der Waals surface area contributed by atoms with E-state index in [-0.39, 0.29) is 12.4 Å². The number of hydrogen-bond donors (Lipinski definition) is 0. The number of ether oxygens (including phenoxy) is 1. The lowest BCUT2D eigenvalue weighted by atomic mass is 9.68. The van der Waals surface area contributed by atoms with Crippen molar-refractivity contribution < 1.29 is 9.53 Å². The number of hydrogen-bond acceptors (Lipinski definition) is 5. The first-order valence-electron chi connectivity index (χ1n) is 14.5. The van der Waals surface area contributed by atoms with Crippen LogP contribution < -0.4 is 9.80 Å². The molecule has 2 heterocycles. The van der Waals surface area contributed by atoms with Gasteiger partial charge in [0.25, 0.3) is 0 Å². The zero-order valence-corrected chi connectivity index (χ0v) is 23.5. The second-order valence-electron chi connectivity index (χ2n) is 11.8. The predicted molar refractivity (Wildman–Crippen MR) is 152 cm³/mol. The van der Waals surface area contributed by atoms with Gasteiger partial charge in [-0.15, -0.1) is 12.4 Å². The quantitative estimate of drug-likeness (QED) is 0.440. The summed E-state index contributed by atoms with van der Waals surface area (Å²) in [6, 6.07) is 7.37. The summed E-state index contributed by atoms with van der Waals surface area (Å²) in [7, 11) is 1.85. The van der Waals surface area contributed by atoms with E-state index in [2.05, 4.69) is 32.9 Å². The fourth-order valence-corrected chi connectivity index (χ4v) is 7.38. The number of carbonyl (C=O) groups excluding carboxylic acids is 1. The first kappa shape index (κ1) is 27.7. The Morgan fingerprint density at radius 3 is 2.19 bits per heavy atom. The molecular formula is C30H48ClN3O2. The SMILES string of the molecule is CCC(=O)CN1CCN(c2ccc(N3CCC(OC)CC3)cc2C2CCC3(CCCC3)CC2)CC1.Cl. The number of methoxy groups -OCH3 is 1. The number of benzene rings is 1. The van der Waals surface area contributed by atoms with Crippen molar-refractivity contribution in [3.05, 3.63) is 23.8 Å². The van der Waals surface area contributed by atoms with E-state index in [1.54, 1.807) is 5.56 Å². The molecule has 0 aromatic heterocycles. The van der Waals surface area contributed by atoms with Crippen LogP contribution in [0.5, 0.6) is 0 Å². The van der Waals surface area contributed by atoms with Crippen molar-refractivity contribution in [3.63, 3.8) is 0 Å². The van der Waals surface area contributed by atoms with Crippen LogP contribution in [-0.2, 0) is 9.53 Å². The maximum atomic E-state index is 12.0. The van der Waals surface area contributed by atoms with E-state index < -0.39 is 0 Å². The van der Waals surface area contributed by atoms with E-state index in [9.17, 15) is 4.79 Å². The largest absolute Gasteiger partial charge is 0.381 e. The van der Waals surface area contributed by atoms with Gasteiger partial charge in [-0.3, -0.25) is 9.69 Å². The van der Waals surface area contributed by atoms with Crippen LogP contribution in [0.25, 0.3) is 0 Å². The lowest BCUT2D eigenvalue weighted by Crippen LogP contribution is -2.48.